The molecule has 0 aromatic heterocycles. The Hall–Kier alpha value is -0.920. The second kappa shape index (κ2) is 34.9. The molecule has 6 atom stereocenters. The summed E-state index contributed by atoms with van der Waals surface area (Å²) in [6.45, 7) is 4.25. The highest BCUT2D eigenvalue weighted by Gasteiger charge is 2.51. The second-order valence-electron chi connectivity index (χ2n) is 15.9. The van der Waals surface area contributed by atoms with Crippen LogP contribution in [0.5, 0.6) is 0 Å². The van der Waals surface area contributed by atoms with Crippen molar-refractivity contribution in [3.05, 3.63) is 12.2 Å². The van der Waals surface area contributed by atoms with Gasteiger partial charge in [0.05, 0.1) is 13.2 Å². The van der Waals surface area contributed by atoms with Gasteiger partial charge in [0, 0.05) is 13.0 Å². The molecule has 1 aliphatic carbocycles. The van der Waals surface area contributed by atoms with Crippen molar-refractivity contribution in [3.8, 4) is 0 Å². The standard InChI is InChI=1S/C43H83O12P/c1-3-5-7-9-11-13-15-17-19-21-23-25-27-29-31-33-52-34-36(35-53-56(50,51)55-43-41(48)39(46)38(45)40(47)42(43)49)54-37(44)32-30-28-26-24-22-20-18-16-14-12-10-8-6-4-2/h16,18,36,38-43,45-49H,3-15,17,19-35H2,1-2H3,(H,50,51)/b18-16-. The van der Waals surface area contributed by atoms with Crippen molar-refractivity contribution in [1.82, 2.24) is 0 Å². The molecule has 0 radical (unpaired) electrons. The van der Waals surface area contributed by atoms with Gasteiger partial charge in [-0.05, 0) is 38.5 Å². The van der Waals surface area contributed by atoms with Crippen LogP contribution in [0.1, 0.15) is 194 Å². The number of phosphoric ester groups is 1. The number of ether oxygens (including phenoxy) is 2. The van der Waals surface area contributed by atoms with E-state index in [0.717, 1.165) is 57.8 Å². The summed E-state index contributed by atoms with van der Waals surface area (Å²) in [4.78, 5) is 23.1. The van der Waals surface area contributed by atoms with E-state index in [1.54, 1.807) is 0 Å². The lowest BCUT2D eigenvalue weighted by atomic mass is 9.85. The predicted molar refractivity (Wildman–Crippen MR) is 221 cm³/mol. The Morgan fingerprint density at radius 1 is 0.554 bits per heavy atom. The van der Waals surface area contributed by atoms with Gasteiger partial charge in [0.15, 0.2) is 0 Å². The largest absolute Gasteiger partial charge is 0.472 e. The minimum atomic E-state index is -5.01. The van der Waals surface area contributed by atoms with E-state index in [0.29, 0.717) is 13.0 Å². The van der Waals surface area contributed by atoms with Gasteiger partial charge in [0.2, 0.25) is 0 Å². The number of phosphoric acid groups is 1. The predicted octanol–water partition coefficient (Wildman–Crippen LogP) is 8.75. The molecule has 13 heteroatoms. The van der Waals surface area contributed by atoms with Crippen LogP contribution in [0.2, 0.25) is 0 Å². The van der Waals surface area contributed by atoms with E-state index in [1.165, 1.54) is 109 Å². The highest BCUT2D eigenvalue weighted by molar-refractivity contribution is 7.47. The molecule has 12 nitrogen and oxygen atoms in total. The summed E-state index contributed by atoms with van der Waals surface area (Å²) < 4.78 is 34.1. The van der Waals surface area contributed by atoms with E-state index in [1.807, 2.05) is 0 Å². The van der Waals surface area contributed by atoms with Crippen LogP contribution in [0.15, 0.2) is 12.2 Å². The zero-order valence-corrected chi connectivity index (χ0v) is 36.1. The summed E-state index contributed by atoms with van der Waals surface area (Å²) in [6, 6.07) is 0. The van der Waals surface area contributed by atoms with Crippen molar-refractivity contribution in [1.29, 1.82) is 0 Å². The third-order valence-electron chi connectivity index (χ3n) is 10.6. The lowest BCUT2D eigenvalue weighted by Gasteiger charge is -2.41. The van der Waals surface area contributed by atoms with Gasteiger partial charge >= 0.3 is 13.8 Å². The van der Waals surface area contributed by atoms with E-state index in [4.69, 9.17) is 18.5 Å². The van der Waals surface area contributed by atoms with Crippen LogP contribution < -0.4 is 0 Å². The minimum Gasteiger partial charge on any atom is -0.457 e. The Morgan fingerprint density at radius 2 is 0.946 bits per heavy atom. The fourth-order valence-corrected chi connectivity index (χ4v) is 7.97. The monoisotopic (exact) mass is 823 g/mol. The first-order valence-electron chi connectivity index (χ1n) is 22.5. The van der Waals surface area contributed by atoms with Crippen molar-refractivity contribution in [2.24, 2.45) is 0 Å². The fourth-order valence-electron chi connectivity index (χ4n) is 7.00. The van der Waals surface area contributed by atoms with Crippen molar-refractivity contribution < 1.29 is 58.3 Å². The van der Waals surface area contributed by atoms with Crippen LogP contribution in [0.25, 0.3) is 0 Å². The summed E-state index contributed by atoms with van der Waals surface area (Å²) >= 11 is 0. The van der Waals surface area contributed by atoms with Gasteiger partial charge in [-0.15, -0.1) is 0 Å². The van der Waals surface area contributed by atoms with Gasteiger partial charge in [-0.25, -0.2) is 4.57 Å². The van der Waals surface area contributed by atoms with E-state index in [9.17, 15) is 39.8 Å². The molecule has 6 unspecified atom stereocenters. The molecule has 56 heavy (non-hydrogen) atoms. The van der Waals surface area contributed by atoms with Crippen LogP contribution >= 0.6 is 7.82 Å². The molecule has 0 aromatic rings. The molecule has 0 aliphatic heterocycles. The molecule has 1 aliphatic rings. The van der Waals surface area contributed by atoms with E-state index < -0.39 is 63.1 Å². The molecule has 0 saturated heterocycles. The average Bonchev–Trinajstić information content (AvgIpc) is 3.18. The van der Waals surface area contributed by atoms with Crippen LogP contribution in [-0.4, -0.2) is 98.9 Å². The molecule has 1 saturated carbocycles. The molecular weight excluding hydrogens is 739 g/mol. The molecule has 0 heterocycles. The van der Waals surface area contributed by atoms with Gasteiger partial charge in [-0.2, -0.15) is 0 Å². The summed E-state index contributed by atoms with van der Waals surface area (Å²) in [7, 11) is -5.01. The number of aliphatic hydroxyl groups excluding tert-OH is 5. The lowest BCUT2D eigenvalue weighted by Crippen LogP contribution is -2.64. The zero-order chi connectivity index (χ0) is 41.3. The third kappa shape index (κ3) is 27.0. The SMILES string of the molecule is CCCCCCC/C=C\CCCCCCCC(=O)OC(COCCCCCCCCCCCCCCCCC)COP(=O)(O)OC1C(O)C(O)C(O)C(O)C1O. The number of carbonyl (C=O) groups excluding carboxylic acids is 1. The maximum absolute atomic E-state index is 12.8. The van der Waals surface area contributed by atoms with E-state index in [2.05, 4.69) is 26.0 Å². The summed E-state index contributed by atoms with van der Waals surface area (Å²) in [5, 5.41) is 50.1. The quantitative estimate of drug-likeness (QED) is 0.0150. The average molecular weight is 823 g/mol. The number of esters is 1. The normalized spacial score (nSPS) is 23.1. The first-order chi connectivity index (χ1) is 27.0. The highest BCUT2D eigenvalue weighted by atomic mass is 31.2. The summed E-state index contributed by atoms with van der Waals surface area (Å²) in [5.74, 6) is -0.483. The number of hydrogen-bond donors (Lipinski definition) is 6. The van der Waals surface area contributed by atoms with Crippen molar-refractivity contribution in [2.75, 3.05) is 19.8 Å². The van der Waals surface area contributed by atoms with Gasteiger partial charge in [-0.3, -0.25) is 13.8 Å². The number of unbranched alkanes of at least 4 members (excludes halogenated alkanes) is 24. The number of allylic oxidation sites excluding steroid dienone is 2. The lowest BCUT2D eigenvalue weighted by molar-refractivity contribution is -0.220. The first kappa shape index (κ1) is 53.1. The molecule has 0 aromatic carbocycles. The van der Waals surface area contributed by atoms with Gasteiger partial charge in [-0.1, -0.05) is 161 Å². The Balaban J connectivity index is 2.41. The van der Waals surface area contributed by atoms with Crippen LogP contribution in [0, 0.1) is 0 Å². The zero-order valence-electron chi connectivity index (χ0n) is 35.2. The maximum atomic E-state index is 12.8. The van der Waals surface area contributed by atoms with E-state index in [-0.39, 0.29) is 13.0 Å². The van der Waals surface area contributed by atoms with Crippen LogP contribution in [-0.2, 0) is 27.9 Å². The van der Waals surface area contributed by atoms with Crippen LogP contribution in [0.3, 0.4) is 0 Å². The smallest absolute Gasteiger partial charge is 0.457 e. The van der Waals surface area contributed by atoms with Crippen molar-refractivity contribution in [3.63, 3.8) is 0 Å². The minimum absolute atomic E-state index is 0.0745. The first-order valence-corrected chi connectivity index (χ1v) is 24.0. The molecule has 332 valence electrons. The summed E-state index contributed by atoms with van der Waals surface area (Å²) in [5.41, 5.74) is 0. The van der Waals surface area contributed by atoms with Crippen molar-refractivity contribution in [2.45, 2.75) is 236 Å². The molecular formula is C43H83O12P. The number of hydrogen-bond acceptors (Lipinski definition) is 11. The van der Waals surface area contributed by atoms with Gasteiger partial charge in [0.25, 0.3) is 0 Å². The molecule has 0 spiro atoms. The molecule has 1 fully saturated rings. The van der Waals surface area contributed by atoms with E-state index >= 15 is 0 Å². The highest BCUT2D eigenvalue weighted by Crippen LogP contribution is 2.47. The van der Waals surface area contributed by atoms with Gasteiger partial charge < -0.3 is 39.9 Å². The number of carbonyl (C=O) groups is 1. The molecule has 0 bridgehead atoms. The number of rotatable bonds is 38. The maximum Gasteiger partial charge on any atom is 0.472 e. The third-order valence-corrected chi connectivity index (χ3v) is 11.6. The Morgan fingerprint density at radius 3 is 1.41 bits per heavy atom. The fraction of sp³-hybridized carbons (Fsp3) is 0.930. The number of aliphatic hydroxyl groups is 5. The summed E-state index contributed by atoms with van der Waals surface area (Å²) in [6.07, 6.45) is 24.2. The Labute approximate surface area is 339 Å². The van der Waals surface area contributed by atoms with Crippen molar-refractivity contribution >= 4 is 13.8 Å². The Kier molecular flexibility index (Phi) is 33.1. The second-order valence-corrected chi connectivity index (χ2v) is 17.3. The molecule has 1 rings (SSSR count). The molecule has 6 N–H and O–H groups in total. The molecule has 0 amide bonds. The Bertz CT molecular complexity index is 984. The van der Waals surface area contributed by atoms with Gasteiger partial charge in [0.1, 0.15) is 42.7 Å². The van der Waals surface area contributed by atoms with Crippen LogP contribution in [0.4, 0.5) is 0 Å². The topological polar surface area (TPSA) is 192 Å².